The van der Waals surface area contributed by atoms with Gasteiger partial charge in [-0.25, -0.2) is 4.79 Å². The lowest BCUT2D eigenvalue weighted by molar-refractivity contribution is 0.0285. The molecule has 4 nitrogen and oxygen atoms in total. The Kier molecular flexibility index (Phi) is 6.35. The molecule has 0 aromatic carbocycles. The Morgan fingerprint density at radius 3 is 2.75 bits per heavy atom. The fourth-order valence-electron chi connectivity index (χ4n) is 2.49. The lowest BCUT2D eigenvalue weighted by atomic mass is 9.96. The van der Waals surface area contributed by atoms with Gasteiger partial charge < -0.3 is 15.0 Å². The smallest absolute Gasteiger partial charge is 0.410 e. The zero-order valence-corrected chi connectivity index (χ0v) is 13.5. The van der Waals surface area contributed by atoms with Crippen LogP contribution in [0, 0.1) is 17.8 Å². The molecule has 2 unspecified atom stereocenters. The molecule has 0 aliphatic carbocycles. The van der Waals surface area contributed by atoms with Crippen molar-refractivity contribution in [2.45, 2.75) is 59.1 Å². The highest BCUT2D eigenvalue weighted by Gasteiger charge is 2.33. The summed E-state index contributed by atoms with van der Waals surface area (Å²) in [5.74, 6) is 6.56. The van der Waals surface area contributed by atoms with Crippen LogP contribution in [0.15, 0.2) is 0 Å². The number of amides is 1. The van der Waals surface area contributed by atoms with Gasteiger partial charge in [-0.1, -0.05) is 6.92 Å². The molecule has 20 heavy (non-hydrogen) atoms. The van der Waals surface area contributed by atoms with E-state index in [-0.39, 0.29) is 6.09 Å². The van der Waals surface area contributed by atoms with E-state index in [2.05, 4.69) is 24.1 Å². The number of rotatable bonds is 4. The van der Waals surface area contributed by atoms with Crippen molar-refractivity contribution in [2.24, 2.45) is 5.92 Å². The van der Waals surface area contributed by atoms with Crippen LogP contribution in [0.5, 0.6) is 0 Å². The maximum Gasteiger partial charge on any atom is 0.410 e. The molecule has 4 heteroatoms. The number of hydrogen-bond acceptors (Lipinski definition) is 3. The molecule has 1 amide bonds. The van der Waals surface area contributed by atoms with Gasteiger partial charge in [-0.2, -0.15) is 0 Å². The van der Waals surface area contributed by atoms with E-state index in [0.29, 0.717) is 12.0 Å². The Morgan fingerprint density at radius 2 is 2.20 bits per heavy atom. The van der Waals surface area contributed by atoms with Gasteiger partial charge in [-0.05, 0) is 46.6 Å². The first-order valence-electron chi connectivity index (χ1n) is 7.48. The summed E-state index contributed by atoms with van der Waals surface area (Å²) < 4.78 is 5.43. The Hall–Kier alpha value is -1.21. The lowest BCUT2D eigenvalue weighted by Crippen LogP contribution is -2.39. The number of likely N-dealkylation sites (tertiary alicyclic amines) is 1. The largest absolute Gasteiger partial charge is 0.444 e. The van der Waals surface area contributed by atoms with Gasteiger partial charge in [-0.3, -0.25) is 0 Å². The molecule has 114 valence electrons. The third kappa shape index (κ3) is 5.42. The summed E-state index contributed by atoms with van der Waals surface area (Å²) in [6, 6.07) is 0.361. The van der Waals surface area contributed by atoms with Crippen LogP contribution < -0.4 is 5.32 Å². The van der Waals surface area contributed by atoms with E-state index in [0.717, 1.165) is 32.5 Å². The Bertz CT molecular complexity index is 376. The number of ether oxygens (including phenoxy) is 1. The molecule has 1 rings (SSSR count). The van der Waals surface area contributed by atoms with Crippen LogP contribution in [0.2, 0.25) is 0 Å². The van der Waals surface area contributed by atoms with Gasteiger partial charge in [0.15, 0.2) is 0 Å². The van der Waals surface area contributed by atoms with Crippen molar-refractivity contribution < 1.29 is 9.53 Å². The molecule has 1 aliphatic rings. The van der Waals surface area contributed by atoms with E-state index >= 15 is 0 Å². The van der Waals surface area contributed by atoms with Gasteiger partial charge in [0.05, 0.1) is 0 Å². The summed E-state index contributed by atoms with van der Waals surface area (Å²) in [7, 11) is 0. The molecule has 0 bridgehead atoms. The quantitative estimate of drug-likeness (QED) is 0.805. The summed E-state index contributed by atoms with van der Waals surface area (Å²) in [5.41, 5.74) is -0.427. The molecule has 0 radical (unpaired) electrons. The van der Waals surface area contributed by atoms with E-state index in [1.807, 2.05) is 32.6 Å². The summed E-state index contributed by atoms with van der Waals surface area (Å²) in [6.07, 6.45) is 1.66. The second-order valence-electron chi connectivity index (χ2n) is 6.27. The number of nitrogens with one attached hydrogen (secondary N) is 1. The summed E-state index contributed by atoms with van der Waals surface area (Å²) >= 11 is 0. The predicted molar refractivity (Wildman–Crippen MR) is 81.4 cm³/mol. The maximum absolute atomic E-state index is 12.1. The Balaban J connectivity index is 2.55. The van der Waals surface area contributed by atoms with Gasteiger partial charge in [0.2, 0.25) is 0 Å². The molecule has 1 heterocycles. The maximum atomic E-state index is 12.1. The molecule has 0 saturated carbocycles. The SMILES string of the molecule is CC#CCC(NCC)C1CCN(C(=O)OC(C)(C)C)C1. The van der Waals surface area contributed by atoms with Crippen LogP contribution in [0.3, 0.4) is 0 Å². The Morgan fingerprint density at radius 1 is 1.50 bits per heavy atom. The molecule has 1 N–H and O–H groups in total. The van der Waals surface area contributed by atoms with E-state index in [1.165, 1.54) is 0 Å². The van der Waals surface area contributed by atoms with Crippen molar-refractivity contribution in [1.82, 2.24) is 10.2 Å². The standard InChI is InChI=1S/C16H28N2O2/c1-6-8-9-14(17-7-2)13-10-11-18(12-13)15(19)20-16(3,4)5/h13-14,17H,7,9-12H2,1-5H3. The van der Waals surface area contributed by atoms with Crippen molar-refractivity contribution in [2.75, 3.05) is 19.6 Å². The summed E-state index contributed by atoms with van der Waals surface area (Å²) in [4.78, 5) is 13.9. The van der Waals surface area contributed by atoms with E-state index in [1.54, 1.807) is 0 Å². The van der Waals surface area contributed by atoms with Crippen molar-refractivity contribution in [1.29, 1.82) is 0 Å². The zero-order chi connectivity index (χ0) is 15.2. The van der Waals surface area contributed by atoms with E-state index < -0.39 is 5.60 Å². The average Bonchev–Trinajstić information content (AvgIpc) is 2.82. The zero-order valence-electron chi connectivity index (χ0n) is 13.5. The monoisotopic (exact) mass is 280 g/mol. The second-order valence-corrected chi connectivity index (χ2v) is 6.27. The van der Waals surface area contributed by atoms with Gasteiger partial charge in [0.25, 0.3) is 0 Å². The molecular formula is C16H28N2O2. The molecule has 0 spiro atoms. The van der Waals surface area contributed by atoms with Crippen molar-refractivity contribution in [3.05, 3.63) is 0 Å². The second kappa shape index (κ2) is 7.54. The third-order valence-electron chi connectivity index (χ3n) is 3.41. The van der Waals surface area contributed by atoms with Crippen LogP contribution in [0.4, 0.5) is 4.79 Å². The van der Waals surface area contributed by atoms with Gasteiger partial charge in [0, 0.05) is 25.6 Å². The first-order chi connectivity index (χ1) is 9.37. The predicted octanol–water partition coefficient (Wildman–Crippen LogP) is 2.63. The molecule has 0 aromatic heterocycles. The molecule has 0 aromatic rings. The number of nitrogens with zero attached hydrogens (tertiary/aromatic N) is 1. The molecule has 2 atom stereocenters. The number of hydrogen-bond donors (Lipinski definition) is 1. The van der Waals surface area contributed by atoms with Crippen molar-refractivity contribution in [3.63, 3.8) is 0 Å². The highest BCUT2D eigenvalue weighted by Crippen LogP contribution is 2.23. The average molecular weight is 280 g/mol. The third-order valence-corrected chi connectivity index (χ3v) is 3.41. The van der Waals surface area contributed by atoms with Crippen LogP contribution >= 0.6 is 0 Å². The molecular weight excluding hydrogens is 252 g/mol. The van der Waals surface area contributed by atoms with Gasteiger partial charge >= 0.3 is 6.09 Å². The van der Waals surface area contributed by atoms with E-state index in [4.69, 9.17) is 4.74 Å². The summed E-state index contributed by atoms with van der Waals surface area (Å²) in [5, 5.41) is 3.49. The van der Waals surface area contributed by atoms with Crippen LogP contribution in [-0.2, 0) is 4.74 Å². The minimum absolute atomic E-state index is 0.197. The molecule has 1 fully saturated rings. The normalized spacial score (nSPS) is 20.2. The van der Waals surface area contributed by atoms with Gasteiger partial charge in [0.1, 0.15) is 5.60 Å². The van der Waals surface area contributed by atoms with Gasteiger partial charge in [-0.15, -0.1) is 11.8 Å². The fraction of sp³-hybridized carbons (Fsp3) is 0.812. The van der Waals surface area contributed by atoms with Crippen LogP contribution in [0.1, 0.15) is 47.5 Å². The van der Waals surface area contributed by atoms with E-state index in [9.17, 15) is 4.79 Å². The number of carbonyl (C=O) groups is 1. The Labute approximate surface area is 123 Å². The van der Waals surface area contributed by atoms with Crippen molar-refractivity contribution in [3.8, 4) is 11.8 Å². The summed E-state index contributed by atoms with van der Waals surface area (Å²) in [6.45, 7) is 12.1. The minimum Gasteiger partial charge on any atom is -0.444 e. The molecule has 1 saturated heterocycles. The first kappa shape index (κ1) is 16.8. The topological polar surface area (TPSA) is 41.6 Å². The van der Waals surface area contributed by atoms with Crippen molar-refractivity contribution >= 4 is 6.09 Å². The minimum atomic E-state index is -0.427. The van der Waals surface area contributed by atoms with Crippen LogP contribution in [0.25, 0.3) is 0 Å². The highest BCUT2D eigenvalue weighted by atomic mass is 16.6. The number of carbonyl (C=O) groups excluding carboxylic acids is 1. The molecule has 1 aliphatic heterocycles. The fourth-order valence-corrected chi connectivity index (χ4v) is 2.49. The first-order valence-corrected chi connectivity index (χ1v) is 7.48. The highest BCUT2D eigenvalue weighted by molar-refractivity contribution is 5.68. The lowest BCUT2D eigenvalue weighted by Gasteiger charge is -2.26. The van der Waals surface area contributed by atoms with Crippen LogP contribution in [-0.4, -0.2) is 42.3 Å².